The van der Waals surface area contributed by atoms with E-state index in [2.05, 4.69) is 26.1 Å². The van der Waals surface area contributed by atoms with Crippen LogP contribution in [-0.4, -0.2) is 17.6 Å². The predicted octanol–water partition coefficient (Wildman–Crippen LogP) is 3.23. The van der Waals surface area contributed by atoms with Gasteiger partial charge in [0.25, 0.3) is 0 Å². The third-order valence-electron chi connectivity index (χ3n) is 3.36. The van der Waals surface area contributed by atoms with Crippen molar-refractivity contribution in [3.63, 3.8) is 0 Å². The third-order valence-corrected chi connectivity index (χ3v) is 3.36. The van der Waals surface area contributed by atoms with E-state index in [1.807, 2.05) is 30.3 Å². The fourth-order valence-corrected chi connectivity index (χ4v) is 1.69. The summed E-state index contributed by atoms with van der Waals surface area (Å²) in [7, 11) is 0. The lowest BCUT2D eigenvalue weighted by Crippen LogP contribution is -2.33. The van der Waals surface area contributed by atoms with Gasteiger partial charge in [-0.2, -0.15) is 0 Å². The Bertz CT molecular complexity index is 373. The first-order valence-corrected chi connectivity index (χ1v) is 6.45. The van der Waals surface area contributed by atoms with Crippen LogP contribution in [0.4, 0.5) is 0 Å². The molecule has 2 N–H and O–H groups in total. The number of aliphatic carboxylic acids is 1. The van der Waals surface area contributed by atoms with Crippen LogP contribution in [0.1, 0.15) is 45.2 Å². The second-order valence-electron chi connectivity index (χ2n) is 5.46. The van der Waals surface area contributed by atoms with Crippen molar-refractivity contribution in [3.8, 4) is 0 Å². The lowest BCUT2D eigenvalue weighted by Gasteiger charge is -2.27. The van der Waals surface area contributed by atoms with Crippen molar-refractivity contribution in [2.45, 2.75) is 39.7 Å². The zero-order valence-corrected chi connectivity index (χ0v) is 11.4. The fraction of sp³-hybridized carbons (Fsp3) is 0.533. The lowest BCUT2D eigenvalue weighted by atomic mass is 9.89. The molecule has 3 nitrogen and oxygen atoms in total. The van der Waals surface area contributed by atoms with Gasteiger partial charge in [-0.05, 0) is 17.4 Å². The molecule has 1 aromatic carbocycles. The monoisotopic (exact) mass is 249 g/mol. The SMILES string of the molecule is CCC(C)(C)CNC(CC(=O)O)c1ccccc1. The van der Waals surface area contributed by atoms with Gasteiger partial charge in [-0.25, -0.2) is 0 Å². The maximum atomic E-state index is 10.9. The van der Waals surface area contributed by atoms with Gasteiger partial charge in [0.2, 0.25) is 0 Å². The molecular weight excluding hydrogens is 226 g/mol. The molecule has 0 aliphatic rings. The van der Waals surface area contributed by atoms with Crippen molar-refractivity contribution < 1.29 is 9.90 Å². The topological polar surface area (TPSA) is 49.3 Å². The Balaban J connectivity index is 2.71. The van der Waals surface area contributed by atoms with Gasteiger partial charge in [-0.15, -0.1) is 0 Å². The summed E-state index contributed by atoms with van der Waals surface area (Å²) in [6.07, 6.45) is 1.18. The molecule has 0 aliphatic heterocycles. The molecule has 1 unspecified atom stereocenters. The average molecular weight is 249 g/mol. The average Bonchev–Trinajstić information content (AvgIpc) is 2.35. The van der Waals surface area contributed by atoms with E-state index in [9.17, 15) is 4.79 Å². The van der Waals surface area contributed by atoms with Crippen LogP contribution >= 0.6 is 0 Å². The van der Waals surface area contributed by atoms with Crippen LogP contribution in [-0.2, 0) is 4.79 Å². The van der Waals surface area contributed by atoms with Crippen molar-refractivity contribution in [1.29, 1.82) is 0 Å². The van der Waals surface area contributed by atoms with E-state index in [0.717, 1.165) is 18.5 Å². The molecule has 0 aliphatic carbocycles. The summed E-state index contributed by atoms with van der Waals surface area (Å²) in [6.45, 7) is 7.33. The molecule has 0 radical (unpaired) electrons. The summed E-state index contributed by atoms with van der Waals surface area (Å²) >= 11 is 0. The number of rotatable bonds is 7. The Kier molecular flexibility index (Phi) is 5.35. The van der Waals surface area contributed by atoms with Gasteiger partial charge < -0.3 is 10.4 Å². The second-order valence-corrected chi connectivity index (χ2v) is 5.46. The van der Waals surface area contributed by atoms with Crippen LogP contribution in [0.5, 0.6) is 0 Å². The Morgan fingerprint density at radius 1 is 1.33 bits per heavy atom. The molecule has 0 heterocycles. The van der Waals surface area contributed by atoms with Crippen molar-refractivity contribution in [2.75, 3.05) is 6.54 Å². The molecule has 1 aromatic rings. The van der Waals surface area contributed by atoms with Crippen LogP contribution in [0, 0.1) is 5.41 Å². The first-order valence-electron chi connectivity index (χ1n) is 6.45. The Labute approximate surface area is 109 Å². The number of benzene rings is 1. The molecule has 18 heavy (non-hydrogen) atoms. The molecule has 1 rings (SSSR count). The molecular formula is C15H23NO2. The Morgan fingerprint density at radius 2 is 1.94 bits per heavy atom. The number of carboxylic acid groups (broad SMARTS) is 1. The smallest absolute Gasteiger partial charge is 0.305 e. The summed E-state index contributed by atoms with van der Waals surface area (Å²) in [5.41, 5.74) is 1.22. The number of hydrogen-bond donors (Lipinski definition) is 2. The minimum Gasteiger partial charge on any atom is -0.481 e. The molecule has 0 saturated carbocycles. The highest BCUT2D eigenvalue weighted by molar-refractivity contribution is 5.67. The van der Waals surface area contributed by atoms with Crippen LogP contribution in [0.15, 0.2) is 30.3 Å². The minimum atomic E-state index is -0.773. The quantitative estimate of drug-likeness (QED) is 0.780. The second kappa shape index (κ2) is 6.55. The van der Waals surface area contributed by atoms with Gasteiger partial charge in [0.1, 0.15) is 0 Å². The van der Waals surface area contributed by atoms with E-state index in [0.29, 0.717) is 0 Å². The summed E-state index contributed by atoms with van der Waals surface area (Å²) in [5.74, 6) is -0.773. The Hall–Kier alpha value is -1.35. The lowest BCUT2D eigenvalue weighted by molar-refractivity contribution is -0.137. The zero-order chi connectivity index (χ0) is 13.6. The third kappa shape index (κ3) is 4.88. The van der Waals surface area contributed by atoms with Crippen molar-refractivity contribution in [3.05, 3.63) is 35.9 Å². The fourth-order valence-electron chi connectivity index (χ4n) is 1.69. The van der Waals surface area contributed by atoms with E-state index < -0.39 is 5.97 Å². The number of nitrogens with one attached hydrogen (secondary N) is 1. The van der Waals surface area contributed by atoms with Gasteiger partial charge in [-0.1, -0.05) is 51.1 Å². The summed E-state index contributed by atoms with van der Waals surface area (Å²) < 4.78 is 0. The van der Waals surface area contributed by atoms with Gasteiger partial charge >= 0.3 is 5.97 Å². The highest BCUT2D eigenvalue weighted by Crippen LogP contribution is 2.22. The largest absolute Gasteiger partial charge is 0.481 e. The van der Waals surface area contributed by atoms with E-state index in [1.165, 1.54) is 0 Å². The summed E-state index contributed by atoms with van der Waals surface area (Å²) in [4.78, 5) is 10.9. The maximum Gasteiger partial charge on any atom is 0.305 e. The number of carbonyl (C=O) groups is 1. The van der Waals surface area contributed by atoms with Crippen LogP contribution in [0.25, 0.3) is 0 Å². The molecule has 0 spiro atoms. The number of carboxylic acids is 1. The highest BCUT2D eigenvalue weighted by Gasteiger charge is 2.20. The van der Waals surface area contributed by atoms with Gasteiger partial charge in [-0.3, -0.25) is 4.79 Å². The summed E-state index contributed by atoms with van der Waals surface area (Å²) in [5, 5.41) is 12.4. The van der Waals surface area contributed by atoms with Crippen molar-refractivity contribution >= 4 is 5.97 Å². The molecule has 0 fully saturated rings. The molecule has 0 saturated heterocycles. The van der Waals surface area contributed by atoms with E-state index in [4.69, 9.17) is 5.11 Å². The number of hydrogen-bond acceptors (Lipinski definition) is 2. The minimum absolute atomic E-state index is 0.115. The molecule has 0 aromatic heterocycles. The molecule has 0 bridgehead atoms. The van der Waals surface area contributed by atoms with Gasteiger partial charge in [0.05, 0.1) is 6.42 Å². The van der Waals surface area contributed by atoms with Crippen molar-refractivity contribution in [1.82, 2.24) is 5.32 Å². The first kappa shape index (κ1) is 14.7. The van der Waals surface area contributed by atoms with E-state index >= 15 is 0 Å². The molecule has 1 atom stereocenters. The maximum absolute atomic E-state index is 10.9. The summed E-state index contributed by atoms with van der Waals surface area (Å²) in [6, 6.07) is 9.65. The van der Waals surface area contributed by atoms with Crippen LogP contribution < -0.4 is 5.32 Å². The molecule has 0 amide bonds. The standard InChI is InChI=1S/C15H23NO2/c1-4-15(2,3)11-16-13(10-14(17)18)12-8-6-5-7-9-12/h5-9,13,16H,4,10-11H2,1-3H3,(H,17,18). The molecule has 100 valence electrons. The van der Waals surface area contributed by atoms with E-state index in [1.54, 1.807) is 0 Å². The van der Waals surface area contributed by atoms with Crippen LogP contribution in [0.2, 0.25) is 0 Å². The van der Waals surface area contributed by atoms with E-state index in [-0.39, 0.29) is 17.9 Å². The first-order chi connectivity index (χ1) is 8.44. The highest BCUT2D eigenvalue weighted by atomic mass is 16.4. The Morgan fingerprint density at radius 3 is 2.44 bits per heavy atom. The zero-order valence-electron chi connectivity index (χ0n) is 11.4. The normalized spacial score (nSPS) is 13.3. The van der Waals surface area contributed by atoms with Gasteiger partial charge in [0.15, 0.2) is 0 Å². The van der Waals surface area contributed by atoms with Crippen molar-refractivity contribution in [2.24, 2.45) is 5.41 Å². The van der Waals surface area contributed by atoms with Gasteiger partial charge in [0, 0.05) is 12.6 Å². The van der Waals surface area contributed by atoms with Crippen LogP contribution in [0.3, 0.4) is 0 Å². The predicted molar refractivity (Wildman–Crippen MR) is 73.5 cm³/mol. The molecule has 3 heteroatoms.